The molecular weight excluding hydrogens is 274 g/mol. The molecular formula is C19H25NO2. The number of carbonyl (C=O) groups is 1. The molecule has 3 heteroatoms. The molecule has 22 heavy (non-hydrogen) atoms. The Hall–Kier alpha value is -1.90. The zero-order valence-corrected chi connectivity index (χ0v) is 13.6. The number of benzene rings is 1. The Kier molecular flexibility index (Phi) is 6.38. The molecule has 0 amide bonds. The molecule has 0 aliphatic carbocycles. The minimum absolute atomic E-state index is 0.298. The van der Waals surface area contributed by atoms with Crippen molar-refractivity contribution in [1.82, 2.24) is 4.98 Å². The summed E-state index contributed by atoms with van der Waals surface area (Å²) in [6.45, 7) is 1.67. The zero-order valence-electron chi connectivity index (χ0n) is 13.6. The van der Waals surface area contributed by atoms with E-state index in [-0.39, 0.29) is 0 Å². The summed E-state index contributed by atoms with van der Waals surface area (Å²) in [5, 5.41) is 1.09. The van der Waals surface area contributed by atoms with Gasteiger partial charge in [0, 0.05) is 23.6 Å². The third-order valence-corrected chi connectivity index (χ3v) is 3.98. The van der Waals surface area contributed by atoms with Gasteiger partial charge in [0.05, 0.1) is 12.6 Å². The maximum atomic E-state index is 10.9. The first-order chi connectivity index (χ1) is 10.7. The maximum absolute atomic E-state index is 10.9. The fourth-order valence-corrected chi connectivity index (χ4v) is 2.80. The number of hydrogen-bond donors (Lipinski definition) is 0. The van der Waals surface area contributed by atoms with E-state index in [0.717, 1.165) is 48.8 Å². The zero-order chi connectivity index (χ0) is 15.8. The van der Waals surface area contributed by atoms with Crippen molar-refractivity contribution >= 4 is 16.7 Å². The second kappa shape index (κ2) is 8.52. The van der Waals surface area contributed by atoms with Crippen LogP contribution in [0.15, 0.2) is 30.5 Å². The van der Waals surface area contributed by atoms with Gasteiger partial charge in [0.15, 0.2) is 0 Å². The maximum Gasteiger partial charge on any atom is 0.132 e. The Morgan fingerprint density at radius 1 is 1.09 bits per heavy atom. The molecule has 0 spiro atoms. The molecule has 0 atom stereocenters. The van der Waals surface area contributed by atoms with Gasteiger partial charge in [-0.05, 0) is 38.3 Å². The topological polar surface area (TPSA) is 39.2 Å². The number of ketones is 1. The molecule has 0 radical (unpaired) electrons. The van der Waals surface area contributed by atoms with Crippen LogP contribution in [0.4, 0.5) is 0 Å². The van der Waals surface area contributed by atoms with Crippen LogP contribution in [-0.4, -0.2) is 17.9 Å². The standard InChI is InChI=1S/C19H25NO2/c1-15(21)10-6-4-3-5-7-11-16-14-20-18-13-9-8-12-17(18)19(16)22-2/h8-9,12-14H,3-7,10-11H2,1-2H3. The Morgan fingerprint density at radius 2 is 1.82 bits per heavy atom. The molecule has 0 aliphatic rings. The van der Waals surface area contributed by atoms with Crippen LogP contribution in [0.5, 0.6) is 5.75 Å². The van der Waals surface area contributed by atoms with Gasteiger partial charge in [0.25, 0.3) is 0 Å². The molecule has 3 nitrogen and oxygen atoms in total. The first-order valence-corrected chi connectivity index (χ1v) is 8.12. The minimum atomic E-state index is 0.298. The van der Waals surface area contributed by atoms with E-state index in [9.17, 15) is 4.79 Å². The molecule has 0 saturated heterocycles. The average Bonchev–Trinajstić information content (AvgIpc) is 2.53. The fraction of sp³-hybridized carbons (Fsp3) is 0.474. The summed E-state index contributed by atoms with van der Waals surface area (Å²) in [6.07, 6.45) is 9.34. The molecule has 118 valence electrons. The van der Waals surface area contributed by atoms with Gasteiger partial charge in [-0.25, -0.2) is 0 Å². The third kappa shape index (κ3) is 4.55. The van der Waals surface area contributed by atoms with E-state index in [1.54, 1.807) is 14.0 Å². The number of aryl methyl sites for hydroxylation is 1. The number of rotatable bonds is 9. The van der Waals surface area contributed by atoms with Gasteiger partial charge in [-0.15, -0.1) is 0 Å². The predicted molar refractivity (Wildman–Crippen MR) is 90.4 cm³/mol. The van der Waals surface area contributed by atoms with Crippen molar-refractivity contribution in [2.24, 2.45) is 0 Å². The van der Waals surface area contributed by atoms with E-state index in [2.05, 4.69) is 11.1 Å². The molecule has 0 saturated carbocycles. The van der Waals surface area contributed by atoms with Crippen LogP contribution >= 0.6 is 0 Å². The largest absolute Gasteiger partial charge is 0.496 e. The van der Waals surface area contributed by atoms with Gasteiger partial charge < -0.3 is 9.53 Å². The van der Waals surface area contributed by atoms with Crippen molar-refractivity contribution in [3.8, 4) is 5.75 Å². The normalized spacial score (nSPS) is 10.8. The van der Waals surface area contributed by atoms with Crippen LogP contribution in [0.2, 0.25) is 0 Å². The number of methoxy groups -OCH3 is 1. The van der Waals surface area contributed by atoms with E-state index in [1.807, 2.05) is 24.4 Å². The van der Waals surface area contributed by atoms with Crippen LogP contribution in [0.3, 0.4) is 0 Å². The van der Waals surface area contributed by atoms with Crippen molar-refractivity contribution in [3.63, 3.8) is 0 Å². The lowest BCUT2D eigenvalue weighted by Crippen LogP contribution is -1.96. The number of Topliss-reactive ketones (excluding diaryl/α,β-unsaturated/α-hetero) is 1. The second-order valence-corrected chi connectivity index (χ2v) is 5.80. The molecule has 0 N–H and O–H groups in total. The lowest BCUT2D eigenvalue weighted by Gasteiger charge is -2.11. The minimum Gasteiger partial charge on any atom is -0.496 e. The number of pyridine rings is 1. The summed E-state index contributed by atoms with van der Waals surface area (Å²) >= 11 is 0. The molecule has 0 fully saturated rings. The Balaban J connectivity index is 1.85. The third-order valence-electron chi connectivity index (χ3n) is 3.98. The summed E-state index contributed by atoms with van der Waals surface area (Å²) in [5.74, 6) is 1.26. The lowest BCUT2D eigenvalue weighted by atomic mass is 10.0. The fourth-order valence-electron chi connectivity index (χ4n) is 2.80. The van der Waals surface area contributed by atoms with Crippen LogP contribution in [0, 0.1) is 0 Å². The summed E-state index contributed by atoms with van der Waals surface area (Å²) in [7, 11) is 1.73. The lowest BCUT2D eigenvalue weighted by molar-refractivity contribution is -0.117. The number of hydrogen-bond acceptors (Lipinski definition) is 3. The Bertz CT molecular complexity index is 622. The van der Waals surface area contributed by atoms with Gasteiger partial charge in [-0.2, -0.15) is 0 Å². The highest BCUT2D eigenvalue weighted by Crippen LogP contribution is 2.29. The number of unbranched alkanes of at least 4 members (excludes halogenated alkanes) is 4. The number of fused-ring (bicyclic) bond motifs is 1. The van der Waals surface area contributed by atoms with Crippen molar-refractivity contribution in [3.05, 3.63) is 36.0 Å². The molecule has 0 unspecified atom stereocenters. The molecule has 1 aromatic heterocycles. The van der Waals surface area contributed by atoms with Gasteiger partial charge in [0.1, 0.15) is 11.5 Å². The van der Waals surface area contributed by atoms with Crippen molar-refractivity contribution in [1.29, 1.82) is 0 Å². The quantitative estimate of drug-likeness (QED) is 0.629. The number of ether oxygens (including phenoxy) is 1. The smallest absolute Gasteiger partial charge is 0.132 e. The van der Waals surface area contributed by atoms with Gasteiger partial charge in [-0.1, -0.05) is 31.4 Å². The SMILES string of the molecule is COc1c(CCCCCCCC(C)=O)cnc2ccccc12. The van der Waals surface area contributed by atoms with E-state index < -0.39 is 0 Å². The number of aromatic nitrogens is 1. The number of carbonyl (C=O) groups excluding carboxylic acids is 1. The van der Waals surface area contributed by atoms with Crippen molar-refractivity contribution in [2.45, 2.75) is 51.9 Å². The van der Waals surface area contributed by atoms with E-state index in [1.165, 1.54) is 18.4 Å². The second-order valence-electron chi connectivity index (χ2n) is 5.80. The van der Waals surface area contributed by atoms with E-state index in [0.29, 0.717) is 5.78 Å². The van der Waals surface area contributed by atoms with Crippen LogP contribution < -0.4 is 4.74 Å². The number of nitrogens with zero attached hydrogens (tertiary/aromatic N) is 1. The highest BCUT2D eigenvalue weighted by Gasteiger charge is 2.08. The van der Waals surface area contributed by atoms with Gasteiger partial charge in [-0.3, -0.25) is 4.98 Å². The molecule has 1 aromatic carbocycles. The van der Waals surface area contributed by atoms with E-state index >= 15 is 0 Å². The molecule has 0 aliphatic heterocycles. The summed E-state index contributed by atoms with van der Waals surface area (Å²) in [6, 6.07) is 8.09. The van der Waals surface area contributed by atoms with Crippen LogP contribution in [0.25, 0.3) is 10.9 Å². The van der Waals surface area contributed by atoms with Crippen molar-refractivity contribution in [2.75, 3.05) is 7.11 Å². The highest BCUT2D eigenvalue weighted by atomic mass is 16.5. The van der Waals surface area contributed by atoms with Crippen molar-refractivity contribution < 1.29 is 9.53 Å². The van der Waals surface area contributed by atoms with E-state index in [4.69, 9.17) is 4.74 Å². The summed E-state index contributed by atoms with van der Waals surface area (Å²) in [4.78, 5) is 15.4. The molecule has 2 rings (SSSR count). The molecule has 0 bridgehead atoms. The van der Waals surface area contributed by atoms with Crippen LogP contribution in [-0.2, 0) is 11.2 Å². The molecule has 1 heterocycles. The highest BCUT2D eigenvalue weighted by molar-refractivity contribution is 5.86. The molecule has 2 aromatic rings. The first kappa shape index (κ1) is 16.5. The first-order valence-electron chi connectivity index (χ1n) is 8.12. The average molecular weight is 299 g/mol. The monoisotopic (exact) mass is 299 g/mol. The Morgan fingerprint density at radius 3 is 2.59 bits per heavy atom. The number of para-hydroxylation sites is 1. The predicted octanol–water partition coefficient (Wildman–Crippen LogP) is 4.72. The van der Waals surface area contributed by atoms with Crippen LogP contribution in [0.1, 0.15) is 51.0 Å². The van der Waals surface area contributed by atoms with Gasteiger partial charge >= 0.3 is 0 Å². The van der Waals surface area contributed by atoms with Gasteiger partial charge in [0.2, 0.25) is 0 Å². The summed E-state index contributed by atoms with van der Waals surface area (Å²) in [5.41, 5.74) is 2.16. The summed E-state index contributed by atoms with van der Waals surface area (Å²) < 4.78 is 5.60. The Labute approximate surface area is 132 Å².